The molecule has 1 aliphatic rings. The molecule has 1 heterocycles. The Labute approximate surface area is 121 Å². The molecule has 0 atom stereocenters. The number of carboxylic acids is 1. The van der Waals surface area contributed by atoms with Crippen molar-refractivity contribution in [3.63, 3.8) is 0 Å². The third kappa shape index (κ3) is 3.79. The molecule has 0 aliphatic carbocycles. The molecule has 0 radical (unpaired) electrons. The minimum Gasteiger partial charge on any atom is -0.481 e. The van der Waals surface area contributed by atoms with Crippen molar-refractivity contribution in [3.05, 3.63) is 23.8 Å². The number of aliphatic carboxylic acids is 1. The van der Waals surface area contributed by atoms with E-state index in [1.807, 2.05) is 0 Å². The Hall–Kier alpha value is -1.94. The molecule has 10 heteroatoms. The van der Waals surface area contributed by atoms with Crippen LogP contribution in [-0.2, 0) is 30.4 Å². The van der Waals surface area contributed by atoms with E-state index >= 15 is 0 Å². The quantitative estimate of drug-likeness (QED) is 0.806. The molecule has 1 aromatic carbocycles. The lowest BCUT2D eigenvalue weighted by atomic mass is 10.2. The van der Waals surface area contributed by atoms with E-state index in [4.69, 9.17) is 5.11 Å². The molecule has 0 saturated heterocycles. The van der Waals surface area contributed by atoms with E-state index in [0.717, 1.165) is 6.26 Å². The Kier molecular flexibility index (Phi) is 3.76. The summed E-state index contributed by atoms with van der Waals surface area (Å²) in [6, 6.07) is 4.08. The number of amidine groups is 1. The predicted octanol–water partition coefficient (Wildman–Crippen LogP) is 0.219. The largest absolute Gasteiger partial charge is 0.481 e. The molecule has 0 bridgehead atoms. The molecule has 0 saturated carbocycles. The lowest BCUT2D eigenvalue weighted by molar-refractivity contribution is -0.135. The van der Waals surface area contributed by atoms with Crippen LogP contribution in [0.1, 0.15) is 12.0 Å². The number of carboxylic acid groups (broad SMARTS) is 1. The van der Waals surface area contributed by atoms with Gasteiger partial charge in [0.25, 0.3) is 10.0 Å². The molecule has 1 aliphatic heterocycles. The van der Waals surface area contributed by atoms with Gasteiger partial charge in [-0.1, -0.05) is 6.07 Å². The fourth-order valence-corrected chi connectivity index (χ4v) is 3.85. The summed E-state index contributed by atoms with van der Waals surface area (Å²) in [5, 5.41) is 11.3. The first kappa shape index (κ1) is 15.4. The Morgan fingerprint density at radius 2 is 2.05 bits per heavy atom. The molecule has 2 N–H and O–H groups in total. The standard InChI is InChI=1S/C11H12N2O6S2/c1-20(16,17)6-7-2-3-8-9(4-7)21(18,19)13-10(12-8)5-11(14)15/h2-4H,5-6H2,1H3,(H,12,13)(H,14,15). The molecule has 8 nitrogen and oxygen atoms in total. The molecule has 0 amide bonds. The summed E-state index contributed by atoms with van der Waals surface area (Å²) >= 11 is 0. The average Bonchev–Trinajstić information content (AvgIpc) is 2.26. The van der Waals surface area contributed by atoms with Gasteiger partial charge in [-0.3, -0.25) is 4.79 Å². The minimum absolute atomic E-state index is 0.169. The summed E-state index contributed by atoms with van der Waals surface area (Å²) in [7, 11) is -7.34. The molecular weight excluding hydrogens is 320 g/mol. The second kappa shape index (κ2) is 5.11. The van der Waals surface area contributed by atoms with Crippen LogP contribution in [0.2, 0.25) is 0 Å². The van der Waals surface area contributed by atoms with Crippen LogP contribution in [-0.4, -0.2) is 40.0 Å². The Morgan fingerprint density at radius 1 is 1.38 bits per heavy atom. The van der Waals surface area contributed by atoms with Gasteiger partial charge >= 0.3 is 5.97 Å². The summed E-state index contributed by atoms with van der Waals surface area (Å²) in [5.74, 6) is -1.69. The Morgan fingerprint density at radius 3 is 2.62 bits per heavy atom. The lowest BCUT2D eigenvalue weighted by Crippen LogP contribution is -2.24. The van der Waals surface area contributed by atoms with Gasteiger partial charge in [0, 0.05) is 6.26 Å². The Bertz CT molecular complexity index is 839. The first-order valence-electron chi connectivity index (χ1n) is 5.70. The number of nitrogens with one attached hydrogen (secondary N) is 1. The maximum atomic E-state index is 12.0. The fraction of sp³-hybridized carbons (Fsp3) is 0.273. The molecule has 0 aromatic heterocycles. The maximum absolute atomic E-state index is 12.0. The van der Waals surface area contributed by atoms with Crippen molar-refractivity contribution >= 4 is 37.4 Å². The number of hydrogen-bond donors (Lipinski definition) is 2. The van der Waals surface area contributed by atoms with Crippen molar-refractivity contribution in [3.8, 4) is 0 Å². The van der Waals surface area contributed by atoms with Gasteiger partial charge in [-0.2, -0.15) is 8.42 Å². The highest BCUT2D eigenvalue weighted by Crippen LogP contribution is 2.29. The zero-order chi connectivity index (χ0) is 15.8. The van der Waals surface area contributed by atoms with Crippen molar-refractivity contribution in [1.29, 1.82) is 0 Å². The number of hydrogen-bond acceptors (Lipinski definition) is 6. The van der Waals surface area contributed by atoms with Crippen LogP contribution >= 0.6 is 0 Å². The number of rotatable bonds is 4. The summed E-state index contributed by atoms with van der Waals surface area (Å²) < 4.78 is 49.9. The average molecular weight is 332 g/mol. The molecule has 2 rings (SSSR count). The molecule has 114 valence electrons. The van der Waals surface area contributed by atoms with Crippen molar-refractivity contribution in [1.82, 2.24) is 0 Å². The third-order valence-corrected chi connectivity index (χ3v) is 4.79. The van der Waals surface area contributed by atoms with E-state index in [0.29, 0.717) is 5.56 Å². The highest BCUT2D eigenvalue weighted by atomic mass is 32.2. The fourth-order valence-electron chi connectivity index (χ4n) is 1.87. The van der Waals surface area contributed by atoms with Crippen LogP contribution in [0.25, 0.3) is 0 Å². The predicted molar refractivity (Wildman–Crippen MR) is 75.5 cm³/mol. The zero-order valence-electron chi connectivity index (χ0n) is 10.9. The first-order chi connectivity index (χ1) is 9.57. The van der Waals surface area contributed by atoms with E-state index in [-0.39, 0.29) is 22.2 Å². The second-order valence-electron chi connectivity index (χ2n) is 4.61. The van der Waals surface area contributed by atoms with Crippen molar-refractivity contribution in [2.45, 2.75) is 17.1 Å². The zero-order valence-corrected chi connectivity index (χ0v) is 12.5. The molecule has 0 spiro atoms. The van der Waals surface area contributed by atoms with Crippen LogP contribution in [0.3, 0.4) is 0 Å². The summed E-state index contributed by atoms with van der Waals surface area (Å²) in [4.78, 5) is 10.5. The van der Waals surface area contributed by atoms with E-state index in [2.05, 4.69) is 9.71 Å². The van der Waals surface area contributed by atoms with Crippen LogP contribution < -0.4 is 5.32 Å². The minimum atomic E-state index is -4.05. The van der Waals surface area contributed by atoms with E-state index in [9.17, 15) is 21.6 Å². The Balaban J connectivity index is 2.44. The van der Waals surface area contributed by atoms with Gasteiger partial charge < -0.3 is 10.4 Å². The highest BCUT2D eigenvalue weighted by Gasteiger charge is 2.26. The van der Waals surface area contributed by atoms with Crippen LogP contribution in [0, 0.1) is 0 Å². The molecular formula is C11H12N2O6S2. The number of anilines is 1. The highest BCUT2D eigenvalue weighted by molar-refractivity contribution is 7.90. The van der Waals surface area contributed by atoms with Crippen molar-refractivity contribution in [2.24, 2.45) is 4.40 Å². The van der Waals surface area contributed by atoms with E-state index < -0.39 is 32.3 Å². The summed E-state index contributed by atoms with van der Waals surface area (Å²) in [6.07, 6.45) is 0.492. The second-order valence-corrected chi connectivity index (χ2v) is 8.32. The van der Waals surface area contributed by atoms with Crippen LogP contribution in [0.15, 0.2) is 27.5 Å². The first-order valence-corrected chi connectivity index (χ1v) is 9.20. The molecule has 21 heavy (non-hydrogen) atoms. The number of sulfonamides is 1. The van der Waals surface area contributed by atoms with E-state index in [1.165, 1.54) is 18.2 Å². The normalized spacial score (nSPS) is 16.5. The van der Waals surface area contributed by atoms with Gasteiger partial charge in [-0.25, -0.2) is 8.42 Å². The number of benzene rings is 1. The van der Waals surface area contributed by atoms with Gasteiger partial charge in [0.2, 0.25) is 0 Å². The monoisotopic (exact) mass is 332 g/mol. The third-order valence-electron chi connectivity index (χ3n) is 2.58. The van der Waals surface area contributed by atoms with Gasteiger partial charge in [0.1, 0.15) is 17.2 Å². The molecule has 1 aromatic rings. The van der Waals surface area contributed by atoms with Gasteiger partial charge in [0.15, 0.2) is 9.84 Å². The van der Waals surface area contributed by atoms with Gasteiger partial charge in [0.05, 0.1) is 11.4 Å². The molecule has 0 fully saturated rings. The number of carbonyl (C=O) groups is 1. The lowest BCUT2D eigenvalue weighted by Gasteiger charge is -2.18. The summed E-state index contributed by atoms with van der Waals surface area (Å²) in [5.41, 5.74) is 0.497. The van der Waals surface area contributed by atoms with Crippen molar-refractivity contribution < 1.29 is 26.7 Å². The van der Waals surface area contributed by atoms with Crippen LogP contribution in [0.5, 0.6) is 0 Å². The van der Waals surface area contributed by atoms with Crippen molar-refractivity contribution in [2.75, 3.05) is 11.6 Å². The van der Waals surface area contributed by atoms with Gasteiger partial charge in [-0.05, 0) is 17.7 Å². The number of fused-ring (bicyclic) bond motifs is 1. The number of nitrogens with zero attached hydrogens (tertiary/aromatic N) is 1. The summed E-state index contributed by atoms with van der Waals surface area (Å²) in [6.45, 7) is 0. The van der Waals surface area contributed by atoms with Gasteiger partial charge in [-0.15, -0.1) is 4.40 Å². The maximum Gasteiger partial charge on any atom is 0.311 e. The van der Waals surface area contributed by atoms with Crippen LogP contribution in [0.4, 0.5) is 5.69 Å². The SMILES string of the molecule is CS(=O)(=O)Cc1ccc2c(c1)S(=O)(=O)N=C(CC(=O)O)N2. The molecule has 0 unspecified atom stereocenters. The number of sulfone groups is 1. The van der Waals surface area contributed by atoms with E-state index in [1.54, 1.807) is 0 Å². The smallest absolute Gasteiger partial charge is 0.311 e. The topological polar surface area (TPSA) is 130 Å².